The molecule has 0 amide bonds. The molecule has 0 saturated carbocycles. The zero-order valence-corrected chi connectivity index (χ0v) is 8.75. The summed E-state index contributed by atoms with van der Waals surface area (Å²) in [5, 5.41) is 8.65. The molecule has 0 bridgehead atoms. The molecule has 0 unspecified atom stereocenters. The van der Waals surface area contributed by atoms with Crippen LogP contribution < -0.4 is 0 Å². The van der Waals surface area contributed by atoms with Crippen LogP contribution in [0.5, 0.6) is 0 Å². The van der Waals surface area contributed by atoms with Gasteiger partial charge in [-0.3, -0.25) is 0 Å². The van der Waals surface area contributed by atoms with Gasteiger partial charge < -0.3 is 4.74 Å². The van der Waals surface area contributed by atoms with E-state index < -0.39 is 4.75 Å². The van der Waals surface area contributed by atoms with E-state index in [1.807, 2.05) is 20.8 Å². The fourth-order valence-corrected chi connectivity index (χ4v) is 2.03. The third-order valence-corrected chi connectivity index (χ3v) is 2.33. The van der Waals surface area contributed by atoms with Gasteiger partial charge in [-0.15, -0.1) is 24.0 Å². The largest absolute Gasteiger partial charge is 0.335 e. The van der Waals surface area contributed by atoms with Crippen molar-refractivity contribution in [2.75, 3.05) is 6.61 Å². The van der Waals surface area contributed by atoms with Gasteiger partial charge in [0, 0.05) is 0 Å². The van der Waals surface area contributed by atoms with Crippen LogP contribution in [-0.2, 0) is 4.74 Å². The highest BCUT2D eigenvalue weighted by molar-refractivity contribution is 8.18. The lowest BCUT2D eigenvalue weighted by molar-refractivity contribution is 0.346. The van der Waals surface area contributed by atoms with Crippen molar-refractivity contribution < 1.29 is 4.74 Å². The highest BCUT2D eigenvalue weighted by atomic mass is 32.2. The van der Waals surface area contributed by atoms with Crippen LogP contribution in [0.1, 0.15) is 20.8 Å². The van der Waals surface area contributed by atoms with E-state index in [9.17, 15) is 0 Å². The maximum Gasteiger partial charge on any atom is 0.129 e. The first-order chi connectivity index (χ1) is 5.02. The summed E-state index contributed by atoms with van der Waals surface area (Å²) in [6.07, 6.45) is 0. The predicted molar refractivity (Wildman–Crippen MR) is 54.3 cm³/mol. The molecule has 0 aromatic carbocycles. The SMILES string of the molecule is CCOC(S)=[SH]C(C)(C)C#N. The summed E-state index contributed by atoms with van der Waals surface area (Å²) in [5.74, 6) is 0. The summed E-state index contributed by atoms with van der Waals surface area (Å²) in [5.41, 5.74) is 0. The van der Waals surface area contributed by atoms with E-state index in [2.05, 4.69) is 18.7 Å². The van der Waals surface area contributed by atoms with Crippen LogP contribution in [0.25, 0.3) is 0 Å². The van der Waals surface area contributed by atoms with Crippen molar-refractivity contribution in [2.24, 2.45) is 0 Å². The Balaban J connectivity index is 4.20. The molecule has 11 heavy (non-hydrogen) atoms. The molecule has 64 valence electrons. The molecule has 0 rings (SSSR count). The zero-order valence-electron chi connectivity index (χ0n) is 6.96. The van der Waals surface area contributed by atoms with E-state index >= 15 is 0 Å². The first-order valence-corrected chi connectivity index (χ1v) is 4.69. The molecule has 0 saturated heterocycles. The lowest BCUT2D eigenvalue weighted by Gasteiger charge is -2.10. The van der Waals surface area contributed by atoms with E-state index in [1.165, 1.54) is 0 Å². The molecule has 4 heteroatoms. The minimum absolute atomic E-state index is 0.397. The summed E-state index contributed by atoms with van der Waals surface area (Å²) in [6.45, 7) is 6.20. The molecule has 0 spiro atoms. The summed E-state index contributed by atoms with van der Waals surface area (Å²) in [7, 11) is 0. The Morgan fingerprint density at radius 2 is 2.27 bits per heavy atom. The van der Waals surface area contributed by atoms with Crippen LogP contribution in [0.3, 0.4) is 0 Å². The molecule has 0 atom stereocenters. The van der Waals surface area contributed by atoms with Gasteiger partial charge in [-0.2, -0.15) is 5.26 Å². The maximum atomic E-state index is 8.65. The number of hydrogen-bond donors (Lipinski definition) is 2. The molecule has 0 N–H and O–H groups in total. The fourth-order valence-electron chi connectivity index (χ4n) is 0.425. The molecule has 2 nitrogen and oxygen atoms in total. The van der Waals surface area contributed by atoms with Gasteiger partial charge in [0.2, 0.25) is 0 Å². The Bertz CT molecular complexity index is 193. The molecule has 0 aromatic rings. The number of ether oxygens (including phenoxy) is 1. The van der Waals surface area contributed by atoms with Gasteiger partial charge in [0.1, 0.15) is 4.38 Å². The molecule has 0 radical (unpaired) electrons. The summed E-state index contributed by atoms with van der Waals surface area (Å²) in [6, 6.07) is 2.17. The Morgan fingerprint density at radius 1 is 1.73 bits per heavy atom. The highest BCUT2D eigenvalue weighted by Gasteiger charge is 2.12. The molecule has 0 fully saturated rings. The van der Waals surface area contributed by atoms with Crippen molar-refractivity contribution in [3.05, 3.63) is 0 Å². The van der Waals surface area contributed by atoms with Crippen LogP contribution in [-0.4, -0.2) is 15.7 Å². The van der Waals surface area contributed by atoms with E-state index in [-0.39, 0.29) is 0 Å². The Morgan fingerprint density at radius 3 is 2.64 bits per heavy atom. The molecule has 0 heterocycles. The van der Waals surface area contributed by atoms with Crippen molar-refractivity contribution in [1.29, 1.82) is 5.26 Å². The van der Waals surface area contributed by atoms with Gasteiger partial charge in [0.15, 0.2) is 0 Å². The Labute approximate surface area is 76.9 Å². The monoisotopic (exact) mass is 191 g/mol. The highest BCUT2D eigenvalue weighted by Crippen LogP contribution is 2.18. The topological polar surface area (TPSA) is 33.0 Å². The second-order valence-electron chi connectivity index (χ2n) is 2.50. The number of thiol groups is 2. The van der Waals surface area contributed by atoms with Crippen LogP contribution in [0.4, 0.5) is 0 Å². The van der Waals surface area contributed by atoms with Crippen molar-refractivity contribution >= 4 is 28.4 Å². The molecular formula is C7H13NOS2. The number of rotatable bonds is 2. The Kier molecular flexibility index (Phi) is 4.82. The molecule has 0 aliphatic carbocycles. The van der Waals surface area contributed by atoms with Crippen LogP contribution in [0, 0.1) is 11.3 Å². The molecule has 0 aromatic heterocycles. The van der Waals surface area contributed by atoms with E-state index in [0.29, 0.717) is 11.0 Å². The zero-order chi connectivity index (χ0) is 8.91. The van der Waals surface area contributed by atoms with E-state index in [0.717, 1.165) is 11.4 Å². The smallest absolute Gasteiger partial charge is 0.129 e. The Hall–Kier alpha value is 0.0200. The first kappa shape index (κ1) is 11.0. The maximum absolute atomic E-state index is 8.65. The van der Waals surface area contributed by atoms with Crippen LogP contribution >= 0.6 is 24.0 Å². The van der Waals surface area contributed by atoms with Gasteiger partial charge in [0.25, 0.3) is 0 Å². The third-order valence-electron chi connectivity index (χ3n) is 0.922. The van der Waals surface area contributed by atoms with Crippen LogP contribution in [0.15, 0.2) is 0 Å². The number of nitriles is 1. The van der Waals surface area contributed by atoms with E-state index in [4.69, 9.17) is 10.00 Å². The molecule has 0 aliphatic heterocycles. The fraction of sp³-hybridized carbons (Fsp3) is 0.714. The second kappa shape index (κ2) is 4.81. The second-order valence-corrected chi connectivity index (χ2v) is 5.00. The summed E-state index contributed by atoms with van der Waals surface area (Å²) in [4.78, 5) is 0. The van der Waals surface area contributed by atoms with Crippen molar-refractivity contribution in [3.63, 3.8) is 0 Å². The van der Waals surface area contributed by atoms with E-state index in [1.54, 1.807) is 0 Å². The van der Waals surface area contributed by atoms with Crippen molar-refractivity contribution in [1.82, 2.24) is 0 Å². The third kappa shape index (κ3) is 5.31. The molecule has 0 aliphatic rings. The van der Waals surface area contributed by atoms with Crippen molar-refractivity contribution in [3.8, 4) is 6.07 Å². The van der Waals surface area contributed by atoms with Crippen LogP contribution in [0.2, 0.25) is 0 Å². The number of hydrogen-bond acceptors (Lipinski definition) is 2. The van der Waals surface area contributed by atoms with Gasteiger partial charge in [0.05, 0.1) is 17.4 Å². The standard InChI is InChI=1S/C7H13NOS2/c1-4-9-6(10)11-7(2,3)5-8/h10-11H,4H2,1-3H3. The minimum Gasteiger partial charge on any atom is -0.335 e. The average molecular weight is 191 g/mol. The number of nitrogens with zero attached hydrogens (tertiary/aromatic N) is 1. The van der Waals surface area contributed by atoms with Gasteiger partial charge in [-0.25, -0.2) is 0 Å². The van der Waals surface area contributed by atoms with Gasteiger partial charge in [-0.1, -0.05) is 0 Å². The predicted octanol–water partition coefficient (Wildman–Crippen LogP) is 1.81. The first-order valence-electron chi connectivity index (χ1n) is 3.34. The van der Waals surface area contributed by atoms with Crippen molar-refractivity contribution in [2.45, 2.75) is 25.5 Å². The van der Waals surface area contributed by atoms with Gasteiger partial charge in [-0.05, 0) is 20.8 Å². The summed E-state index contributed by atoms with van der Waals surface area (Å²) < 4.78 is 5.31. The lowest BCUT2D eigenvalue weighted by atomic mass is 10.2. The normalized spacial score (nSPS) is 13.5. The quantitative estimate of drug-likeness (QED) is 0.515. The van der Waals surface area contributed by atoms with Gasteiger partial charge >= 0.3 is 0 Å². The lowest BCUT2D eigenvalue weighted by Crippen LogP contribution is -2.10. The summed E-state index contributed by atoms with van der Waals surface area (Å²) >= 11 is 4.92. The average Bonchev–Trinajstić information content (AvgIpc) is 1.87. The molecular weight excluding hydrogens is 178 g/mol. The minimum atomic E-state index is -0.397.